The molecular formula is C29H24O6. The van der Waals surface area contributed by atoms with Crippen LogP contribution in [-0.2, 0) is 6.42 Å². The summed E-state index contributed by atoms with van der Waals surface area (Å²) < 4.78 is 10.4. The molecular weight excluding hydrogens is 444 g/mol. The molecule has 0 atom stereocenters. The van der Waals surface area contributed by atoms with Crippen molar-refractivity contribution in [2.45, 2.75) is 6.42 Å². The lowest BCUT2D eigenvalue weighted by Crippen LogP contribution is -2.04. The molecule has 0 radical (unpaired) electrons. The smallest absolute Gasteiger partial charge is 0.196 e. The number of benzene rings is 4. The fraction of sp³-hybridized carbons (Fsp3) is 0.103. The molecule has 0 bridgehead atoms. The van der Waals surface area contributed by atoms with Gasteiger partial charge in [0, 0.05) is 23.3 Å². The molecule has 2 N–H and O–H groups in total. The third-order valence-electron chi connectivity index (χ3n) is 5.70. The minimum atomic E-state index is -0.194. The van der Waals surface area contributed by atoms with E-state index < -0.39 is 0 Å². The summed E-state index contributed by atoms with van der Waals surface area (Å²) in [4.78, 5) is 25.7. The number of ketones is 2. The number of hydrogen-bond acceptors (Lipinski definition) is 6. The van der Waals surface area contributed by atoms with E-state index in [1.165, 1.54) is 38.5 Å². The Morgan fingerprint density at radius 1 is 0.600 bits per heavy atom. The van der Waals surface area contributed by atoms with Crippen molar-refractivity contribution >= 4 is 11.6 Å². The van der Waals surface area contributed by atoms with Crippen LogP contribution in [0.2, 0.25) is 0 Å². The first-order valence-electron chi connectivity index (χ1n) is 10.9. The quantitative estimate of drug-likeness (QED) is 0.347. The standard InChI is InChI=1S/C29H24O6/c1-34-26-16-22(30)11-13-24(26)28(32)20-7-3-18(4-8-20)15-19-5-9-21(10-6-19)29(33)25-14-12-23(31)17-27(25)35-2/h3-14,16-17,30-31H,15H2,1-2H3. The van der Waals surface area contributed by atoms with E-state index in [4.69, 9.17) is 9.47 Å². The van der Waals surface area contributed by atoms with Gasteiger partial charge in [0.1, 0.15) is 23.0 Å². The number of hydrogen-bond donors (Lipinski definition) is 2. The maximum Gasteiger partial charge on any atom is 0.196 e. The summed E-state index contributed by atoms with van der Waals surface area (Å²) in [6.07, 6.45) is 0.633. The minimum Gasteiger partial charge on any atom is -0.508 e. The molecule has 0 spiro atoms. The van der Waals surface area contributed by atoms with Gasteiger partial charge >= 0.3 is 0 Å². The van der Waals surface area contributed by atoms with Crippen LogP contribution >= 0.6 is 0 Å². The molecule has 176 valence electrons. The van der Waals surface area contributed by atoms with Crippen molar-refractivity contribution in [2.24, 2.45) is 0 Å². The molecule has 4 aromatic carbocycles. The van der Waals surface area contributed by atoms with Crippen LogP contribution in [-0.4, -0.2) is 36.0 Å². The van der Waals surface area contributed by atoms with Gasteiger partial charge in [-0.15, -0.1) is 0 Å². The molecule has 4 aromatic rings. The fourth-order valence-electron chi connectivity index (χ4n) is 3.83. The zero-order valence-corrected chi connectivity index (χ0v) is 19.3. The van der Waals surface area contributed by atoms with Crippen LogP contribution in [0.3, 0.4) is 0 Å². The normalized spacial score (nSPS) is 10.6. The summed E-state index contributed by atoms with van der Waals surface area (Å²) >= 11 is 0. The highest BCUT2D eigenvalue weighted by molar-refractivity contribution is 6.11. The van der Waals surface area contributed by atoms with Gasteiger partial charge in [-0.3, -0.25) is 9.59 Å². The Labute approximate surface area is 203 Å². The van der Waals surface area contributed by atoms with E-state index in [-0.39, 0.29) is 23.1 Å². The van der Waals surface area contributed by atoms with Crippen LogP contribution in [0, 0.1) is 0 Å². The first-order valence-corrected chi connectivity index (χ1v) is 10.9. The minimum absolute atomic E-state index is 0.0312. The van der Waals surface area contributed by atoms with Crippen molar-refractivity contribution in [1.82, 2.24) is 0 Å². The van der Waals surface area contributed by atoms with E-state index in [1.54, 1.807) is 36.4 Å². The zero-order chi connectivity index (χ0) is 24.9. The van der Waals surface area contributed by atoms with E-state index in [0.29, 0.717) is 40.2 Å². The highest BCUT2D eigenvalue weighted by Crippen LogP contribution is 2.28. The molecule has 0 aliphatic carbocycles. The van der Waals surface area contributed by atoms with E-state index in [9.17, 15) is 19.8 Å². The summed E-state index contributed by atoms with van der Waals surface area (Å²) in [5.74, 6) is 0.312. The van der Waals surface area contributed by atoms with Gasteiger partial charge in [-0.05, 0) is 41.8 Å². The number of methoxy groups -OCH3 is 2. The van der Waals surface area contributed by atoms with Crippen LogP contribution in [0.25, 0.3) is 0 Å². The van der Waals surface area contributed by atoms with E-state index in [1.807, 2.05) is 24.3 Å². The summed E-state index contributed by atoms with van der Waals surface area (Å²) in [5, 5.41) is 19.2. The van der Waals surface area contributed by atoms with Gasteiger partial charge < -0.3 is 19.7 Å². The number of ether oxygens (including phenoxy) is 2. The van der Waals surface area contributed by atoms with Gasteiger partial charge in [-0.1, -0.05) is 48.5 Å². The lowest BCUT2D eigenvalue weighted by molar-refractivity contribution is 0.102. The molecule has 0 aromatic heterocycles. The highest BCUT2D eigenvalue weighted by Gasteiger charge is 2.16. The molecule has 6 heteroatoms. The Hall–Kier alpha value is -4.58. The van der Waals surface area contributed by atoms with Crippen molar-refractivity contribution in [3.8, 4) is 23.0 Å². The molecule has 0 amide bonds. The second-order valence-electron chi connectivity index (χ2n) is 8.00. The van der Waals surface area contributed by atoms with Gasteiger partial charge in [0.05, 0.1) is 25.3 Å². The van der Waals surface area contributed by atoms with Crippen LogP contribution in [0.5, 0.6) is 23.0 Å². The van der Waals surface area contributed by atoms with Gasteiger partial charge in [-0.2, -0.15) is 0 Å². The number of aromatic hydroxyl groups is 2. The van der Waals surface area contributed by atoms with Gasteiger partial charge in [0.15, 0.2) is 11.6 Å². The molecule has 4 rings (SSSR count). The molecule has 0 unspecified atom stereocenters. The van der Waals surface area contributed by atoms with Crippen molar-refractivity contribution in [3.63, 3.8) is 0 Å². The summed E-state index contributed by atoms with van der Waals surface area (Å²) in [6.45, 7) is 0. The number of carbonyl (C=O) groups is 2. The third-order valence-corrected chi connectivity index (χ3v) is 5.70. The van der Waals surface area contributed by atoms with Crippen LogP contribution in [0.4, 0.5) is 0 Å². The van der Waals surface area contributed by atoms with Gasteiger partial charge in [0.2, 0.25) is 0 Å². The molecule has 0 saturated carbocycles. The summed E-state index contributed by atoms with van der Waals surface area (Å²) in [6, 6.07) is 23.4. The maximum absolute atomic E-state index is 12.9. The maximum atomic E-state index is 12.9. The van der Waals surface area contributed by atoms with Gasteiger partial charge in [0.25, 0.3) is 0 Å². The monoisotopic (exact) mass is 468 g/mol. The topological polar surface area (TPSA) is 93.1 Å². The fourth-order valence-corrected chi connectivity index (χ4v) is 3.83. The summed E-state index contributed by atoms with van der Waals surface area (Å²) in [7, 11) is 2.91. The Balaban J connectivity index is 1.47. The summed E-state index contributed by atoms with van der Waals surface area (Å²) in [5.41, 5.74) is 3.81. The van der Waals surface area contributed by atoms with Crippen LogP contribution in [0.15, 0.2) is 84.9 Å². The predicted octanol–water partition coefficient (Wildman–Crippen LogP) is 5.17. The highest BCUT2D eigenvalue weighted by atomic mass is 16.5. The second kappa shape index (κ2) is 10.1. The molecule has 35 heavy (non-hydrogen) atoms. The Bertz CT molecular complexity index is 1260. The lowest BCUT2D eigenvalue weighted by atomic mass is 9.97. The zero-order valence-electron chi connectivity index (χ0n) is 19.3. The third kappa shape index (κ3) is 5.17. The molecule has 0 aliphatic heterocycles. The van der Waals surface area contributed by atoms with Crippen molar-refractivity contribution < 1.29 is 29.3 Å². The Morgan fingerprint density at radius 2 is 0.971 bits per heavy atom. The van der Waals surface area contributed by atoms with E-state index in [2.05, 4.69) is 0 Å². The number of phenols is 2. The average Bonchev–Trinajstić information content (AvgIpc) is 2.88. The molecule has 6 nitrogen and oxygen atoms in total. The molecule has 0 fully saturated rings. The number of phenolic OH excluding ortho intramolecular Hbond substituents is 2. The number of rotatable bonds is 8. The first-order chi connectivity index (χ1) is 16.9. The SMILES string of the molecule is COc1cc(O)ccc1C(=O)c1ccc(Cc2ccc(C(=O)c3ccc(O)cc3OC)cc2)cc1. The average molecular weight is 469 g/mol. The van der Waals surface area contributed by atoms with Gasteiger partial charge in [-0.25, -0.2) is 0 Å². The van der Waals surface area contributed by atoms with Crippen molar-refractivity contribution in [2.75, 3.05) is 14.2 Å². The predicted molar refractivity (Wildman–Crippen MR) is 132 cm³/mol. The molecule has 0 aliphatic rings. The lowest BCUT2D eigenvalue weighted by Gasteiger charge is -2.10. The Kier molecular flexibility index (Phi) is 6.83. The molecule has 0 heterocycles. The van der Waals surface area contributed by atoms with E-state index >= 15 is 0 Å². The Morgan fingerprint density at radius 3 is 1.31 bits per heavy atom. The molecule has 0 saturated heterocycles. The van der Waals surface area contributed by atoms with Crippen molar-refractivity contribution in [1.29, 1.82) is 0 Å². The largest absolute Gasteiger partial charge is 0.508 e. The van der Waals surface area contributed by atoms with E-state index in [0.717, 1.165) is 11.1 Å². The van der Waals surface area contributed by atoms with Crippen LogP contribution < -0.4 is 9.47 Å². The second-order valence-corrected chi connectivity index (χ2v) is 8.00. The van der Waals surface area contributed by atoms with Crippen molar-refractivity contribution in [3.05, 3.63) is 118 Å². The van der Waals surface area contributed by atoms with Crippen LogP contribution in [0.1, 0.15) is 43.0 Å². The first kappa shape index (κ1) is 23.6. The number of carbonyl (C=O) groups excluding carboxylic acids is 2.